The van der Waals surface area contributed by atoms with Crippen LogP contribution in [-0.2, 0) is 24.4 Å². The maximum absolute atomic E-state index is 15.0. The van der Waals surface area contributed by atoms with E-state index in [-0.39, 0.29) is 31.5 Å². The normalized spacial score (nSPS) is 12.7. The van der Waals surface area contributed by atoms with Crippen molar-refractivity contribution >= 4 is 52.0 Å². The average Bonchev–Trinajstić information content (AvgIpc) is 3.96. The third kappa shape index (κ3) is 7.17. The molecule has 280 valence electrons. The molecule has 0 saturated carbocycles. The number of rotatable bonds is 9. The number of nitrogens with zero attached hydrogens (tertiary/aromatic N) is 11. The zero-order valence-corrected chi connectivity index (χ0v) is 31.0. The summed E-state index contributed by atoms with van der Waals surface area (Å²) in [7, 11) is 0. The Morgan fingerprint density at radius 2 is 1.76 bits per heavy atom. The van der Waals surface area contributed by atoms with Crippen molar-refractivity contribution in [3.63, 3.8) is 0 Å². The lowest BCUT2D eigenvalue weighted by molar-refractivity contribution is 0.0183. The standard InChI is InChI=1S/C36H35FN14O3S/c1-20-16-40-32(55-20)28-29-31(44-34(39)42-28)49(19-23-11-5-6-12-24(23)37)47-51(29)50(35(52)54-36(2,3)4)18-22-10-7-9-21(15-22)17-48-30-27(45-46-48)26(41-33(38)43-30)25-13-8-14-53-25/h5-16,47H,17-19H2,1-4H3,(H2,38,41,43)(H2,39,42,44). The van der Waals surface area contributed by atoms with Crippen molar-refractivity contribution in [1.82, 2.24) is 50.5 Å². The Kier molecular flexibility index (Phi) is 8.94. The van der Waals surface area contributed by atoms with Crippen LogP contribution < -0.4 is 27.1 Å². The van der Waals surface area contributed by atoms with Gasteiger partial charge in [-0.25, -0.2) is 28.8 Å². The van der Waals surface area contributed by atoms with Gasteiger partial charge in [-0.05, 0) is 57.0 Å². The van der Waals surface area contributed by atoms with Crippen LogP contribution in [0.5, 0.6) is 0 Å². The Balaban J connectivity index is 1.18. The summed E-state index contributed by atoms with van der Waals surface area (Å²) in [6.45, 7) is 7.58. The van der Waals surface area contributed by atoms with E-state index < -0.39 is 17.5 Å². The maximum Gasteiger partial charge on any atom is 0.430 e. The van der Waals surface area contributed by atoms with Crippen LogP contribution in [0.2, 0.25) is 0 Å². The molecule has 1 aliphatic rings. The number of carbonyl (C=O) groups is 1. The quantitative estimate of drug-likeness (QED) is 0.162. The molecule has 8 rings (SSSR count). The fraction of sp³-hybridized carbons (Fsp3) is 0.222. The number of nitrogen functional groups attached to an aromatic ring is 2. The van der Waals surface area contributed by atoms with Crippen molar-refractivity contribution in [2.45, 2.75) is 52.9 Å². The topological polar surface area (TPSA) is 208 Å². The van der Waals surface area contributed by atoms with E-state index >= 15 is 4.39 Å². The minimum absolute atomic E-state index is 0.0132. The molecule has 0 aliphatic carbocycles. The molecule has 19 heteroatoms. The molecule has 2 aromatic carbocycles. The number of nitrogens with two attached hydrogens (primary N) is 2. The molecule has 1 aliphatic heterocycles. The monoisotopic (exact) mass is 762 g/mol. The Hall–Kier alpha value is -6.73. The summed E-state index contributed by atoms with van der Waals surface area (Å²) in [6, 6.07) is 17.5. The van der Waals surface area contributed by atoms with Crippen LogP contribution in [-0.4, -0.2) is 56.6 Å². The predicted molar refractivity (Wildman–Crippen MR) is 203 cm³/mol. The molecule has 5 N–H and O–H groups in total. The van der Waals surface area contributed by atoms with E-state index in [1.54, 1.807) is 67.0 Å². The fourth-order valence-corrected chi connectivity index (χ4v) is 6.77. The number of hydrazine groups is 3. The molecule has 0 bridgehead atoms. The van der Waals surface area contributed by atoms with Crippen molar-refractivity contribution < 1.29 is 18.3 Å². The van der Waals surface area contributed by atoms with Crippen LogP contribution in [0.15, 0.2) is 77.5 Å². The number of furan rings is 1. The van der Waals surface area contributed by atoms with Gasteiger partial charge in [0.05, 0.1) is 25.9 Å². The summed E-state index contributed by atoms with van der Waals surface area (Å²) in [6.07, 6.45) is 2.58. The van der Waals surface area contributed by atoms with E-state index in [9.17, 15) is 4.79 Å². The Morgan fingerprint density at radius 1 is 0.982 bits per heavy atom. The molecule has 0 unspecified atom stereocenters. The summed E-state index contributed by atoms with van der Waals surface area (Å²) >= 11 is 1.40. The van der Waals surface area contributed by atoms with Crippen LogP contribution >= 0.6 is 11.3 Å². The highest BCUT2D eigenvalue weighted by atomic mass is 32.1. The first-order valence-corrected chi connectivity index (χ1v) is 17.9. The molecule has 0 fully saturated rings. The number of benzene rings is 2. The molecule has 0 spiro atoms. The van der Waals surface area contributed by atoms with Gasteiger partial charge in [-0.2, -0.15) is 20.1 Å². The summed E-state index contributed by atoms with van der Waals surface area (Å²) in [5.41, 5.74) is 18.7. The summed E-state index contributed by atoms with van der Waals surface area (Å²) in [5, 5.41) is 13.7. The molecule has 7 aromatic rings. The van der Waals surface area contributed by atoms with Crippen molar-refractivity contribution in [2.75, 3.05) is 21.6 Å². The number of thiazole rings is 1. The Labute approximate surface area is 317 Å². The number of carbonyl (C=O) groups excluding carboxylic acids is 1. The van der Waals surface area contributed by atoms with E-state index in [4.69, 9.17) is 20.6 Å². The third-order valence-electron chi connectivity index (χ3n) is 8.31. The largest absolute Gasteiger partial charge is 0.463 e. The zero-order chi connectivity index (χ0) is 38.4. The second-order valence-electron chi connectivity index (χ2n) is 13.7. The highest BCUT2D eigenvalue weighted by Crippen LogP contribution is 2.43. The first kappa shape index (κ1) is 35.3. The number of anilines is 4. The first-order valence-electron chi connectivity index (χ1n) is 17.1. The molecule has 0 radical (unpaired) electrons. The predicted octanol–water partition coefficient (Wildman–Crippen LogP) is 5.65. The highest BCUT2D eigenvalue weighted by Gasteiger charge is 2.40. The molecular weight excluding hydrogens is 728 g/mol. The average molecular weight is 763 g/mol. The van der Waals surface area contributed by atoms with Gasteiger partial charge in [-0.3, -0.25) is 5.01 Å². The van der Waals surface area contributed by atoms with Gasteiger partial charge in [0, 0.05) is 16.6 Å². The SMILES string of the molecule is Cc1cnc(-c2nc(N)nc3c2N(N(Cc2cccc(Cn4nnc5c(-c6ccco6)nc(N)nc54)c2)C(=O)OC(C)(C)C)NN3Cc2ccccc2F)s1. The van der Waals surface area contributed by atoms with Crippen LogP contribution in [0.1, 0.15) is 42.3 Å². The number of hydrogen-bond donors (Lipinski definition) is 3. The van der Waals surface area contributed by atoms with Gasteiger partial charge in [0.1, 0.15) is 27.8 Å². The maximum atomic E-state index is 15.0. The Morgan fingerprint density at radius 3 is 2.51 bits per heavy atom. The highest BCUT2D eigenvalue weighted by molar-refractivity contribution is 7.15. The molecule has 17 nitrogen and oxygen atoms in total. The van der Waals surface area contributed by atoms with Crippen molar-refractivity contribution in [3.05, 3.63) is 101 Å². The van der Waals surface area contributed by atoms with Crippen molar-refractivity contribution in [3.8, 4) is 22.2 Å². The van der Waals surface area contributed by atoms with E-state index in [0.717, 1.165) is 16.0 Å². The van der Waals surface area contributed by atoms with E-state index in [1.165, 1.54) is 33.8 Å². The summed E-state index contributed by atoms with van der Waals surface area (Å²) < 4.78 is 28.1. The number of amides is 1. The van der Waals surface area contributed by atoms with Gasteiger partial charge in [-0.15, -0.1) is 22.0 Å². The van der Waals surface area contributed by atoms with Gasteiger partial charge in [0.25, 0.3) is 0 Å². The third-order valence-corrected chi connectivity index (χ3v) is 9.23. The first-order chi connectivity index (χ1) is 26.4. The van der Waals surface area contributed by atoms with Crippen LogP contribution in [0, 0.1) is 12.7 Å². The number of nitrogens with one attached hydrogen (secondary N) is 1. The molecule has 55 heavy (non-hydrogen) atoms. The number of aromatic nitrogens is 8. The summed E-state index contributed by atoms with van der Waals surface area (Å²) in [5.74, 6) is 0.415. The van der Waals surface area contributed by atoms with Crippen LogP contribution in [0.25, 0.3) is 33.3 Å². The van der Waals surface area contributed by atoms with E-state index in [2.05, 4.69) is 40.8 Å². The summed E-state index contributed by atoms with van der Waals surface area (Å²) in [4.78, 5) is 37.7. The zero-order valence-electron chi connectivity index (χ0n) is 30.1. The van der Waals surface area contributed by atoms with Gasteiger partial charge in [0.15, 0.2) is 28.4 Å². The second-order valence-corrected chi connectivity index (χ2v) is 14.9. The number of fused-ring (bicyclic) bond motifs is 2. The van der Waals surface area contributed by atoms with Crippen LogP contribution in [0.4, 0.5) is 32.6 Å². The van der Waals surface area contributed by atoms with Gasteiger partial charge >= 0.3 is 6.09 Å². The Bertz CT molecular complexity index is 2530. The minimum Gasteiger partial charge on any atom is -0.463 e. The lowest BCUT2D eigenvalue weighted by Gasteiger charge is -2.35. The lowest BCUT2D eigenvalue weighted by atomic mass is 10.1. The molecule has 6 heterocycles. The van der Waals surface area contributed by atoms with Gasteiger partial charge in [-0.1, -0.05) is 47.7 Å². The smallest absolute Gasteiger partial charge is 0.430 e. The van der Waals surface area contributed by atoms with Gasteiger partial charge in [0.2, 0.25) is 11.9 Å². The van der Waals surface area contributed by atoms with E-state index in [1.807, 2.05) is 31.2 Å². The van der Waals surface area contributed by atoms with E-state index in [0.29, 0.717) is 50.4 Å². The lowest BCUT2D eigenvalue weighted by Crippen LogP contribution is -2.56. The second kappa shape index (κ2) is 13.9. The number of ether oxygens (including phenoxy) is 1. The van der Waals surface area contributed by atoms with Crippen molar-refractivity contribution in [1.29, 1.82) is 0 Å². The molecule has 5 aromatic heterocycles. The fourth-order valence-electron chi connectivity index (χ4n) is 6.02. The number of hydrogen-bond acceptors (Lipinski definition) is 16. The molecule has 1 amide bonds. The number of aryl methyl sites for hydroxylation is 1. The molecule has 0 saturated heterocycles. The minimum atomic E-state index is -0.855. The van der Waals surface area contributed by atoms with Crippen LogP contribution in [0.3, 0.4) is 0 Å². The molecule has 0 atom stereocenters. The number of halogens is 1. The molecular formula is C36H35FN14O3S. The van der Waals surface area contributed by atoms with Crippen molar-refractivity contribution in [2.24, 2.45) is 0 Å². The van der Waals surface area contributed by atoms with Gasteiger partial charge < -0.3 is 20.6 Å².